The molecule has 3 nitrogen and oxygen atoms in total. The van der Waals surface area contributed by atoms with Gasteiger partial charge in [-0.3, -0.25) is 4.68 Å². The van der Waals surface area contributed by atoms with Crippen molar-refractivity contribution in [3.63, 3.8) is 0 Å². The zero-order chi connectivity index (χ0) is 15.2. The standard InChI is InChI=1S/C17H24ClN3/c1-4-21-17(9-13(2)20-21)11-15(12-19-3)10-14-5-7-16(18)8-6-14/h5-9,15,19H,4,10-12H2,1-3H3. The molecule has 0 aliphatic carbocycles. The van der Waals surface area contributed by atoms with Gasteiger partial charge in [-0.1, -0.05) is 23.7 Å². The van der Waals surface area contributed by atoms with Crippen LogP contribution >= 0.6 is 11.6 Å². The van der Waals surface area contributed by atoms with Crippen LogP contribution in [0.15, 0.2) is 30.3 Å². The lowest BCUT2D eigenvalue weighted by Gasteiger charge is -2.17. The number of aromatic nitrogens is 2. The van der Waals surface area contributed by atoms with Gasteiger partial charge in [-0.25, -0.2) is 0 Å². The fourth-order valence-electron chi connectivity index (χ4n) is 2.79. The fourth-order valence-corrected chi connectivity index (χ4v) is 2.92. The van der Waals surface area contributed by atoms with Crippen molar-refractivity contribution in [2.75, 3.05) is 13.6 Å². The van der Waals surface area contributed by atoms with Crippen molar-refractivity contribution < 1.29 is 0 Å². The van der Waals surface area contributed by atoms with Crippen molar-refractivity contribution >= 4 is 11.6 Å². The molecule has 4 heteroatoms. The second-order valence-corrected chi connectivity index (χ2v) is 5.99. The third-order valence-electron chi connectivity index (χ3n) is 3.71. The Morgan fingerprint density at radius 2 is 1.95 bits per heavy atom. The lowest BCUT2D eigenvalue weighted by Crippen LogP contribution is -2.24. The average Bonchev–Trinajstić information content (AvgIpc) is 2.81. The van der Waals surface area contributed by atoms with E-state index in [9.17, 15) is 0 Å². The van der Waals surface area contributed by atoms with E-state index in [0.717, 1.165) is 36.6 Å². The average molecular weight is 306 g/mol. The first-order chi connectivity index (χ1) is 10.1. The zero-order valence-electron chi connectivity index (χ0n) is 13.1. The van der Waals surface area contributed by atoms with Gasteiger partial charge in [0.15, 0.2) is 0 Å². The number of nitrogens with one attached hydrogen (secondary N) is 1. The van der Waals surface area contributed by atoms with Crippen LogP contribution in [0.1, 0.15) is 23.9 Å². The van der Waals surface area contributed by atoms with E-state index in [-0.39, 0.29) is 0 Å². The molecule has 0 aliphatic rings. The van der Waals surface area contributed by atoms with Crippen molar-refractivity contribution in [2.24, 2.45) is 5.92 Å². The molecule has 1 heterocycles. The number of nitrogens with zero attached hydrogens (tertiary/aromatic N) is 2. The van der Waals surface area contributed by atoms with E-state index < -0.39 is 0 Å². The lowest BCUT2D eigenvalue weighted by molar-refractivity contribution is 0.470. The van der Waals surface area contributed by atoms with Gasteiger partial charge in [-0.15, -0.1) is 0 Å². The van der Waals surface area contributed by atoms with Crippen LogP contribution in [0.4, 0.5) is 0 Å². The van der Waals surface area contributed by atoms with Crippen LogP contribution in [-0.4, -0.2) is 23.4 Å². The summed E-state index contributed by atoms with van der Waals surface area (Å²) < 4.78 is 2.11. The van der Waals surface area contributed by atoms with E-state index in [1.54, 1.807) is 0 Å². The van der Waals surface area contributed by atoms with E-state index >= 15 is 0 Å². The van der Waals surface area contributed by atoms with Crippen LogP contribution in [-0.2, 0) is 19.4 Å². The summed E-state index contributed by atoms with van der Waals surface area (Å²) in [6.07, 6.45) is 2.09. The number of rotatable bonds is 7. The molecule has 0 saturated heterocycles. The Bertz CT molecular complexity index is 560. The lowest BCUT2D eigenvalue weighted by atomic mass is 9.94. The molecule has 2 rings (SSSR count). The Morgan fingerprint density at radius 3 is 2.57 bits per heavy atom. The summed E-state index contributed by atoms with van der Waals surface area (Å²) in [4.78, 5) is 0. The SMILES string of the molecule is CCn1nc(C)cc1CC(CNC)Cc1ccc(Cl)cc1. The molecule has 0 bridgehead atoms. The highest BCUT2D eigenvalue weighted by molar-refractivity contribution is 6.30. The second-order valence-electron chi connectivity index (χ2n) is 5.55. The molecule has 0 amide bonds. The molecular formula is C17H24ClN3. The van der Waals surface area contributed by atoms with Crippen molar-refractivity contribution in [1.29, 1.82) is 0 Å². The van der Waals surface area contributed by atoms with Crippen molar-refractivity contribution in [3.05, 3.63) is 52.3 Å². The highest BCUT2D eigenvalue weighted by Gasteiger charge is 2.14. The Hall–Kier alpha value is -1.32. The van der Waals surface area contributed by atoms with Crippen LogP contribution in [0.3, 0.4) is 0 Å². The minimum absolute atomic E-state index is 0.553. The smallest absolute Gasteiger partial charge is 0.0596 e. The molecule has 0 spiro atoms. The summed E-state index contributed by atoms with van der Waals surface area (Å²) in [5.74, 6) is 0.553. The Balaban J connectivity index is 2.09. The van der Waals surface area contributed by atoms with Gasteiger partial charge in [-0.2, -0.15) is 5.10 Å². The van der Waals surface area contributed by atoms with Crippen LogP contribution in [0, 0.1) is 12.8 Å². The van der Waals surface area contributed by atoms with E-state index in [0.29, 0.717) is 5.92 Å². The molecule has 0 aliphatic heterocycles. The second kappa shape index (κ2) is 7.62. The van der Waals surface area contributed by atoms with Crippen LogP contribution in [0.25, 0.3) is 0 Å². The molecule has 2 aromatic rings. The predicted molar refractivity (Wildman–Crippen MR) is 88.9 cm³/mol. The predicted octanol–water partition coefficient (Wildman–Crippen LogP) is 3.49. The Kier molecular flexibility index (Phi) is 5.83. The van der Waals surface area contributed by atoms with Crippen molar-refractivity contribution in [1.82, 2.24) is 15.1 Å². The molecule has 0 saturated carbocycles. The van der Waals surface area contributed by atoms with Gasteiger partial charge in [0.25, 0.3) is 0 Å². The molecule has 0 fully saturated rings. The molecule has 114 valence electrons. The maximum absolute atomic E-state index is 5.96. The zero-order valence-corrected chi connectivity index (χ0v) is 13.8. The first-order valence-corrected chi connectivity index (χ1v) is 7.92. The maximum Gasteiger partial charge on any atom is 0.0596 e. The third kappa shape index (κ3) is 4.58. The topological polar surface area (TPSA) is 29.9 Å². The molecule has 1 atom stereocenters. The van der Waals surface area contributed by atoms with Crippen LogP contribution < -0.4 is 5.32 Å². The van der Waals surface area contributed by atoms with E-state index in [1.165, 1.54) is 11.3 Å². The molecule has 0 radical (unpaired) electrons. The summed E-state index contributed by atoms with van der Waals surface area (Å²) in [6.45, 7) is 6.12. The number of hydrogen-bond donors (Lipinski definition) is 1. The molecule has 1 aromatic heterocycles. The van der Waals surface area contributed by atoms with Gasteiger partial charge < -0.3 is 5.32 Å². The van der Waals surface area contributed by atoms with Gasteiger partial charge in [0.05, 0.1) is 5.69 Å². The minimum Gasteiger partial charge on any atom is -0.319 e. The Morgan fingerprint density at radius 1 is 1.24 bits per heavy atom. The van der Waals surface area contributed by atoms with Crippen molar-refractivity contribution in [3.8, 4) is 0 Å². The number of aryl methyl sites for hydroxylation is 2. The molecule has 1 aromatic carbocycles. The summed E-state index contributed by atoms with van der Waals surface area (Å²) in [7, 11) is 2.01. The van der Waals surface area contributed by atoms with Gasteiger partial charge in [0.1, 0.15) is 0 Å². The van der Waals surface area contributed by atoms with Gasteiger partial charge in [0, 0.05) is 17.3 Å². The van der Waals surface area contributed by atoms with Crippen molar-refractivity contribution in [2.45, 2.75) is 33.2 Å². The first kappa shape index (κ1) is 16.1. The largest absolute Gasteiger partial charge is 0.319 e. The molecule has 1 unspecified atom stereocenters. The summed E-state index contributed by atoms with van der Waals surface area (Å²) >= 11 is 5.96. The Labute approximate surface area is 132 Å². The number of hydrogen-bond acceptors (Lipinski definition) is 2. The summed E-state index contributed by atoms with van der Waals surface area (Å²) in [6, 6.07) is 10.4. The summed E-state index contributed by atoms with van der Waals surface area (Å²) in [5.41, 5.74) is 3.75. The minimum atomic E-state index is 0.553. The highest BCUT2D eigenvalue weighted by atomic mass is 35.5. The quantitative estimate of drug-likeness (QED) is 0.848. The highest BCUT2D eigenvalue weighted by Crippen LogP contribution is 2.17. The summed E-state index contributed by atoms with van der Waals surface area (Å²) in [5, 5.41) is 8.64. The van der Waals surface area contributed by atoms with Crippen LogP contribution in [0.2, 0.25) is 5.02 Å². The molecule has 1 N–H and O–H groups in total. The van der Waals surface area contributed by atoms with E-state index in [2.05, 4.69) is 47.1 Å². The van der Waals surface area contributed by atoms with E-state index in [1.807, 2.05) is 19.2 Å². The van der Waals surface area contributed by atoms with Gasteiger partial charge >= 0.3 is 0 Å². The third-order valence-corrected chi connectivity index (χ3v) is 3.97. The maximum atomic E-state index is 5.96. The molecular weight excluding hydrogens is 282 g/mol. The van der Waals surface area contributed by atoms with Gasteiger partial charge in [0.2, 0.25) is 0 Å². The number of halogens is 1. The first-order valence-electron chi connectivity index (χ1n) is 7.54. The van der Waals surface area contributed by atoms with Gasteiger partial charge in [-0.05, 0) is 70.0 Å². The monoisotopic (exact) mass is 305 g/mol. The normalized spacial score (nSPS) is 12.6. The van der Waals surface area contributed by atoms with E-state index in [4.69, 9.17) is 11.6 Å². The molecule has 21 heavy (non-hydrogen) atoms. The fraction of sp³-hybridized carbons (Fsp3) is 0.471. The van der Waals surface area contributed by atoms with Crippen LogP contribution in [0.5, 0.6) is 0 Å². The number of benzene rings is 1.